The number of hydrogen-bond acceptors (Lipinski definition) is 4. The average molecular weight is 370 g/mol. The van der Waals surface area contributed by atoms with Gasteiger partial charge in [0, 0.05) is 6.61 Å². The first-order chi connectivity index (χ1) is 13.3. The second-order valence-corrected chi connectivity index (χ2v) is 7.27. The number of ether oxygens (including phenoxy) is 3. The quantitative estimate of drug-likeness (QED) is 0.726. The molecule has 0 amide bonds. The zero-order valence-corrected chi connectivity index (χ0v) is 16.0. The molecule has 0 saturated carbocycles. The Bertz CT molecular complexity index is 646. The van der Waals surface area contributed by atoms with Crippen LogP contribution in [0.25, 0.3) is 0 Å². The van der Waals surface area contributed by atoms with Gasteiger partial charge in [-0.05, 0) is 29.9 Å². The first-order valence-corrected chi connectivity index (χ1v) is 9.79. The van der Waals surface area contributed by atoms with Crippen LogP contribution in [-0.2, 0) is 27.4 Å². The summed E-state index contributed by atoms with van der Waals surface area (Å²) in [6.45, 7) is 3.93. The van der Waals surface area contributed by atoms with Crippen molar-refractivity contribution in [2.75, 3.05) is 13.2 Å². The van der Waals surface area contributed by atoms with Crippen LogP contribution in [0.3, 0.4) is 0 Å². The summed E-state index contributed by atoms with van der Waals surface area (Å²) in [4.78, 5) is 0. The van der Waals surface area contributed by atoms with Crippen molar-refractivity contribution in [1.82, 2.24) is 0 Å². The zero-order valence-electron chi connectivity index (χ0n) is 16.0. The van der Waals surface area contributed by atoms with Gasteiger partial charge in [0.2, 0.25) is 0 Å². The highest BCUT2D eigenvalue weighted by molar-refractivity contribution is 5.14. The minimum Gasteiger partial charge on any atom is -0.396 e. The third kappa shape index (κ3) is 6.15. The third-order valence-electron chi connectivity index (χ3n) is 5.12. The lowest BCUT2D eigenvalue weighted by Gasteiger charge is -2.40. The monoisotopic (exact) mass is 370 g/mol. The van der Waals surface area contributed by atoms with E-state index < -0.39 is 0 Å². The van der Waals surface area contributed by atoms with E-state index >= 15 is 0 Å². The Hall–Kier alpha value is -1.72. The van der Waals surface area contributed by atoms with Gasteiger partial charge in [0.25, 0.3) is 0 Å². The molecule has 1 aliphatic rings. The van der Waals surface area contributed by atoms with Gasteiger partial charge < -0.3 is 19.3 Å². The maximum atomic E-state index is 9.32. The molecule has 0 bridgehead atoms. The summed E-state index contributed by atoms with van der Waals surface area (Å²) in [5.41, 5.74) is 2.31. The van der Waals surface area contributed by atoms with Gasteiger partial charge in [-0.2, -0.15) is 0 Å². The number of aliphatic hydroxyl groups excluding tert-OH is 1. The zero-order chi connectivity index (χ0) is 18.9. The maximum absolute atomic E-state index is 9.32. The highest BCUT2D eigenvalue weighted by Crippen LogP contribution is 2.30. The van der Waals surface area contributed by atoms with Crippen LogP contribution in [0, 0.1) is 5.92 Å². The van der Waals surface area contributed by atoms with Crippen molar-refractivity contribution in [3.05, 3.63) is 71.8 Å². The van der Waals surface area contributed by atoms with Crippen molar-refractivity contribution < 1.29 is 19.3 Å². The van der Waals surface area contributed by atoms with E-state index in [-0.39, 0.29) is 24.9 Å². The largest absolute Gasteiger partial charge is 0.396 e. The van der Waals surface area contributed by atoms with Crippen LogP contribution in [0.2, 0.25) is 0 Å². The third-order valence-corrected chi connectivity index (χ3v) is 5.12. The highest BCUT2D eigenvalue weighted by Gasteiger charge is 2.36. The van der Waals surface area contributed by atoms with E-state index in [1.807, 2.05) is 36.4 Å². The van der Waals surface area contributed by atoms with Crippen molar-refractivity contribution >= 4 is 0 Å². The molecule has 4 nitrogen and oxygen atoms in total. The molecule has 2 aromatic carbocycles. The predicted molar refractivity (Wildman–Crippen MR) is 105 cm³/mol. The summed E-state index contributed by atoms with van der Waals surface area (Å²) < 4.78 is 18.4. The first kappa shape index (κ1) is 20.0. The molecule has 146 valence electrons. The van der Waals surface area contributed by atoms with Crippen LogP contribution in [-0.4, -0.2) is 36.6 Å². The van der Waals surface area contributed by atoms with Gasteiger partial charge >= 0.3 is 0 Å². The normalized spacial score (nSPS) is 25.4. The lowest BCUT2D eigenvalue weighted by Crippen LogP contribution is -2.47. The molecule has 1 saturated heterocycles. The summed E-state index contributed by atoms with van der Waals surface area (Å²) in [5.74, 6) is 0.350. The van der Waals surface area contributed by atoms with Gasteiger partial charge in [0.15, 0.2) is 0 Å². The van der Waals surface area contributed by atoms with E-state index in [0.29, 0.717) is 32.2 Å². The molecule has 1 aliphatic heterocycles. The molecule has 0 radical (unpaired) electrons. The smallest absolute Gasteiger partial charge is 0.107 e. The van der Waals surface area contributed by atoms with Gasteiger partial charge in [-0.25, -0.2) is 0 Å². The summed E-state index contributed by atoms with van der Waals surface area (Å²) in [5, 5.41) is 9.32. The standard InChI is InChI=1S/C23H30O4/c1-18-14-22(26-16-20-10-6-3-7-11-20)23(27-21(18)12-13-24)17-25-15-19-8-4-2-5-9-19/h2-11,18,21-24H,12-17H2,1H3/t18-,21-,22-,23+/m0/s1. The van der Waals surface area contributed by atoms with Crippen LogP contribution in [0.4, 0.5) is 0 Å². The lowest BCUT2D eigenvalue weighted by atomic mass is 9.89. The van der Waals surface area contributed by atoms with E-state index in [4.69, 9.17) is 14.2 Å². The molecule has 0 unspecified atom stereocenters. The van der Waals surface area contributed by atoms with Gasteiger partial charge in [-0.3, -0.25) is 0 Å². The van der Waals surface area contributed by atoms with Crippen molar-refractivity contribution in [1.29, 1.82) is 0 Å². The predicted octanol–water partition coefficient (Wildman–Crippen LogP) is 3.96. The van der Waals surface area contributed by atoms with Crippen LogP contribution in [0.15, 0.2) is 60.7 Å². The molecule has 27 heavy (non-hydrogen) atoms. The second kappa shape index (κ2) is 10.6. The molecule has 4 atom stereocenters. The fourth-order valence-electron chi connectivity index (χ4n) is 3.56. The molecule has 4 heteroatoms. The molecule has 1 heterocycles. The number of aliphatic hydroxyl groups is 1. The number of rotatable bonds is 9. The van der Waals surface area contributed by atoms with Crippen LogP contribution in [0.1, 0.15) is 30.9 Å². The van der Waals surface area contributed by atoms with Crippen molar-refractivity contribution in [2.24, 2.45) is 5.92 Å². The average Bonchev–Trinajstić information content (AvgIpc) is 2.71. The maximum Gasteiger partial charge on any atom is 0.107 e. The lowest BCUT2D eigenvalue weighted by molar-refractivity contribution is -0.186. The van der Waals surface area contributed by atoms with Crippen molar-refractivity contribution in [3.8, 4) is 0 Å². The highest BCUT2D eigenvalue weighted by atomic mass is 16.6. The Morgan fingerprint density at radius 2 is 1.56 bits per heavy atom. The molecular formula is C23H30O4. The van der Waals surface area contributed by atoms with Crippen LogP contribution >= 0.6 is 0 Å². The summed E-state index contributed by atoms with van der Waals surface area (Å²) in [6.07, 6.45) is 1.49. The Balaban J connectivity index is 1.57. The second-order valence-electron chi connectivity index (χ2n) is 7.27. The van der Waals surface area contributed by atoms with E-state index in [2.05, 4.69) is 31.2 Å². The van der Waals surface area contributed by atoms with Gasteiger partial charge in [-0.15, -0.1) is 0 Å². The Morgan fingerprint density at radius 3 is 2.19 bits per heavy atom. The molecule has 1 fully saturated rings. The SMILES string of the molecule is C[C@H]1C[C@H](OCc2ccccc2)[C@@H](COCc2ccccc2)O[C@H]1CCO. The molecule has 2 aromatic rings. The fraction of sp³-hybridized carbons (Fsp3) is 0.478. The van der Waals surface area contributed by atoms with Gasteiger partial charge in [0.05, 0.1) is 32.0 Å². The van der Waals surface area contributed by atoms with Crippen molar-refractivity contribution in [2.45, 2.75) is 51.3 Å². The first-order valence-electron chi connectivity index (χ1n) is 9.79. The Labute approximate surface area is 162 Å². The molecule has 0 aliphatic carbocycles. The topological polar surface area (TPSA) is 47.9 Å². The number of hydrogen-bond donors (Lipinski definition) is 1. The molecule has 1 N–H and O–H groups in total. The van der Waals surface area contributed by atoms with Crippen LogP contribution in [0.5, 0.6) is 0 Å². The van der Waals surface area contributed by atoms with Gasteiger partial charge in [-0.1, -0.05) is 67.6 Å². The Morgan fingerprint density at radius 1 is 0.926 bits per heavy atom. The van der Waals surface area contributed by atoms with Gasteiger partial charge in [0.1, 0.15) is 6.10 Å². The van der Waals surface area contributed by atoms with E-state index in [0.717, 1.165) is 17.5 Å². The van der Waals surface area contributed by atoms with E-state index in [9.17, 15) is 5.11 Å². The Kier molecular flexibility index (Phi) is 7.84. The molecule has 0 spiro atoms. The van der Waals surface area contributed by atoms with Crippen molar-refractivity contribution in [3.63, 3.8) is 0 Å². The fourth-order valence-corrected chi connectivity index (χ4v) is 3.56. The minimum atomic E-state index is -0.120. The van der Waals surface area contributed by atoms with Crippen LogP contribution < -0.4 is 0 Å². The molecular weight excluding hydrogens is 340 g/mol. The summed E-state index contributed by atoms with van der Waals surface area (Å²) in [6, 6.07) is 20.3. The molecule has 3 rings (SSSR count). The summed E-state index contributed by atoms with van der Waals surface area (Å²) in [7, 11) is 0. The van der Waals surface area contributed by atoms with E-state index in [1.54, 1.807) is 0 Å². The minimum absolute atomic E-state index is 0.00841. The molecule has 0 aromatic heterocycles. The number of benzene rings is 2. The van der Waals surface area contributed by atoms with E-state index in [1.165, 1.54) is 0 Å². The summed E-state index contributed by atoms with van der Waals surface area (Å²) >= 11 is 0.